The Labute approximate surface area is 150 Å². The van der Waals surface area contributed by atoms with Gasteiger partial charge in [-0.25, -0.2) is 0 Å². The van der Waals surface area contributed by atoms with Crippen LogP contribution in [0, 0.1) is 0 Å². The highest BCUT2D eigenvalue weighted by Gasteiger charge is 2.37. The minimum Gasteiger partial charge on any atom is -0.351 e. The van der Waals surface area contributed by atoms with Crippen LogP contribution in [0.5, 0.6) is 0 Å². The molecule has 0 bridgehead atoms. The lowest BCUT2D eigenvalue weighted by Gasteiger charge is -2.46. The van der Waals surface area contributed by atoms with E-state index in [-0.39, 0.29) is 17.1 Å². The van der Waals surface area contributed by atoms with Gasteiger partial charge in [0.25, 0.3) is 0 Å². The molecule has 2 rings (SSSR count). The van der Waals surface area contributed by atoms with Crippen molar-refractivity contribution < 1.29 is 0 Å². The van der Waals surface area contributed by atoms with Gasteiger partial charge in [-0.05, 0) is 40.5 Å². The van der Waals surface area contributed by atoms with Crippen LogP contribution in [0.1, 0.15) is 40.5 Å². The van der Waals surface area contributed by atoms with E-state index in [2.05, 4.69) is 77.1 Å². The molecule has 1 fully saturated rings. The van der Waals surface area contributed by atoms with E-state index in [9.17, 15) is 0 Å². The smallest absolute Gasteiger partial charge is 0.229 e. The van der Waals surface area contributed by atoms with Gasteiger partial charge in [0.05, 0.1) is 0 Å². The molecule has 0 atom stereocenters. The van der Waals surface area contributed by atoms with Crippen LogP contribution >= 0.6 is 0 Å². The lowest BCUT2D eigenvalue weighted by molar-refractivity contribution is 0.170. The van der Waals surface area contributed by atoms with E-state index in [1.54, 1.807) is 12.2 Å². The van der Waals surface area contributed by atoms with Crippen molar-refractivity contribution >= 4 is 17.8 Å². The van der Waals surface area contributed by atoms with E-state index in [0.29, 0.717) is 30.9 Å². The number of aromatic nitrogens is 3. The Bertz CT molecular complexity index is 563. The van der Waals surface area contributed by atoms with Crippen LogP contribution in [0.15, 0.2) is 25.3 Å². The minimum absolute atomic E-state index is 0.0558. The molecular formula is C18H31N7. The van der Waals surface area contributed by atoms with Crippen LogP contribution < -0.4 is 21.3 Å². The van der Waals surface area contributed by atoms with Gasteiger partial charge in [0.1, 0.15) is 0 Å². The van der Waals surface area contributed by atoms with Crippen LogP contribution in [-0.2, 0) is 0 Å². The number of hydrogen-bond donors (Lipinski definition) is 4. The monoisotopic (exact) mass is 345 g/mol. The predicted molar refractivity (Wildman–Crippen MR) is 105 cm³/mol. The molecular weight excluding hydrogens is 314 g/mol. The minimum atomic E-state index is 0.0558. The molecule has 2 heterocycles. The highest BCUT2D eigenvalue weighted by atomic mass is 15.3. The summed E-state index contributed by atoms with van der Waals surface area (Å²) in [4.78, 5) is 13.3. The molecule has 0 spiro atoms. The van der Waals surface area contributed by atoms with Crippen molar-refractivity contribution in [1.29, 1.82) is 0 Å². The maximum Gasteiger partial charge on any atom is 0.229 e. The highest BCUT2D eigenvalue weighted by molar-refractivity contribution is 5.43. The third kappa shape index (κ3) is 6.01. The molecule has 7 heteroatoms. The zero-order valence-electron chi connectivity index (χ0n) is 15.8. The van der Waals surface area contributed by atoms with Crippen LogP contribution in [0.4, 0.5) is 17.8 Å². The van der Waals surface area contributed by atoms with E-state index in [1.165, 1.54) is 0 Å². The van der Waals surface area contributed by atoms with Gasteiger partial charge >= 0.3 is 0 Å². The molecule has 1 aliphatic heterocycles. The second-order valence-electron chi connectivity index (χ2n) is 7.79. The summed E-state index contributed by atoms with van der Waals surface area (Å²) in [6, 6.07) is 0.285. The summed E-state index contributed by atoms with van der Waals surface area (Å²) >= 11 is 0. The number of anilines is 3. The number of nitrogens with zero attached hydrogens (tertiary/aromatic N) is 3. The van der Waals surface area contributed by atoms with Crippen molar-refractivity contribution in [3.63, 3.8) is 0 Å². The van der Waals surface area contributed by atoms with E-state index in [0.717, 1.165) is 12.8 Å². The summed E-state index contributed by atoms with van der Waals surface area (Å²) in [6.45, 7) is 17.5. The summed E-state index contributed by atoms with van der Waals surface area (Å²) in [7, 11) is 0. The van der Waals surface area contributed by atoms with Crippen molar-refractivity contribution in [2.24, 2.45) is 0 Å². The van der Waals surface area contributed by atoms with Crippen LogP contribution in [-0.4, -0.2) is 45.2 Å². The first-order valence-electron chi connectivity index (χ1n) is 8.74. The first kappa shape index (κ1) is 19.2. The molecule has 0 aromatic carbocycles. The summed E-state index contributed by atoms with van der Waals surface area (Å²) in [5, 5.41) is 13.4. The lowest BCUT2D eigenvalue weighted by Crippen LogP contribution is -2.60. The van der Waals surface area contributed by atoms with Gasteiger partial charge in [0, 0.05) is 30.2 Å². The Morgan fingerprint density at radius 3 is 1.80 bits per heavy atom. The summed E-state index contributed by atoms with van der Waals surface area (Å²) in [5.74, 6) is 1.62. The average molecular weight is 345 g/mol. The normalized spacial score (nSPS) is 19.0. The molecule has 0 amide bonds. The zero-order valence-corrected chi connectivity index (χ0v) is 15.8. The second-order valence-corrected chi connectivity index (χ2v) is 7.79. The summed E-state index contributed by atoms with van der Waals surface area (Å²) < 4.78 is 0. The zero-order chi connectivity index (χ0) is 18.5. The molecule has 4 N–H and O–H groups in total. The maximum atomic E-state index is 4.49. The van der Waals surface area contributed by atoms with E-state index >= 15 is 0 Å². The van der Waals surface area contributed by atoms with Gasteiger partial charge in [-0.2, -0.15) is 15.0 Å². The molecule has 0 unspecified atom stereocenters. The van der Waals surface area contributed by atoms with Crippen LogP contribution in [0.2, 0.25) is 0 Å². The van der Waals surface area contributed by atoms with Crippen molar-refractivity contribution in [3.05, 3.63) is 25.3 Å². The largest absolute Gasteiger partial charge is 0.351 e. The highest BCUT2D eigenvalue weighted by Crippen LogP contribution is 2.30. The topological polar surface area (TPSA) is 86.8 Å². The lowest BCUT2D eigenvalue weighted by atomic mass is 9.80. The van der Waals surface area contributed by atoms with Gasteiger partial charge in [-0.15, -0.1) is 13.2 Å². The van der Waals surface area contributed by atoms with Crippen molar-refractivity contribution in [2.45, 2.75) is 57.7 Å². The molecule has 1 saturated heterocycles. The summed E-state index contributed by atoms with van der Waals surface area (Å²) in [5.41, 5.74) is 0.112. The van der Waals surface area contributed by atoms with E-state index < -0.39 is 0 Å². The standard InChI is InChI=1S/C18H31N7/c1-7-9-19-14-22-15(20-10-8-2)24-16(23-14)21-13-11-17(3,4)25-18(5,6)12-13/h7-8,13,25H,1-2,9-12H2,3-6H3,(H3,19,20,21,22,23,24). The fraction of sp³-hybridized carbons (Fsp3) is 0.611. The second kappa shape index (κ2) is 7.82. The molecule has 25 heavy (non-hydrogen) atoms. The average Bonchev–Trinajstić information content (AvgIpc) is 2.47. The molecule has 1 aromatic rings. The van der Waals surface area contributed by atoms with Gasteiger partial charge < -0.3 is 21.3 Å². The Morgan fingerprint density at radius 1 is 0.920 bits per heavy atom. The number of hydrogen-bond acceptors (Lipinski definition) is 7. The molecule has 1 aromatic heterocycles. The molecule has 138 valence electrons. The van der Waals surface area contributed by atoms with E-state index in [1.807, 2.05) is 0 Å². The van der Waals surface area contributed by atoms with Crippen molar-refractivity contribution in [1.82, 2.24) is 20.3 Å². The summed E-state index contributed by atoms with van der Waals surface area (Å²) in [6.07, 6.45) is 5.52. The first-order valence-corrected chi connectivity index (χ1v) is 8.74. The number of rotatable bonds is 8. The third-order valence-electron chi connectivity index (χ3n) is 3.97. The van der Waals surface area contributed by atoms with Crippen molar-refractivity contribution in [2.75, 3.05) is 29.0 Å². The fourth-order valence-electron chi connectivity index (χ4n) is 3.53. The van der Waals surface area contributed by atoms with E-state index in [4.69, 9.17) is 0 Å². The first-order chi connectivity index (χ1) is 11.7. The maximum absolute atomic E-state index is 4.49. The van der Waals surface area contributed by atoms with Crippen LogP contribution in [0.25, 0.3) is 0 Å². The SMILES string of the molecule is C=CCNc1nc(NCC=C)nc(NC2CC(C)(C)NC(C)(C)C2)n1. The molecule has 0 radical (unpaired) electrons. The molecule has 7 nitrogen and oxygen atoms in total. The van der Waals surface area contributed by atoms with Gasteiger partial charge in [0.2, 0.25) is 17.8 Å². The number of piperidine rings is 1. The predicted octanol–water partition coefficient (Wildman–Crippen LogP) is 2.79. The fourth-order valence-corrected chi connectivity index (χ4v) is 3.53. The Morgan fingerprint density at radius 2 is 1.36 bits per heavy atom. The van der Waals surface area contributed by atoms with Crippen LogP contribution in [0.3, 0.4) is 0 Å². The van der Waals surface area contributed by atoms with Gasteiger partial charge in [-0.3, -0.25) is 0 Å². The third-order valence-corrected chi connectivity index (χ3v) is 3.97. The Kier molecular flexibility index (Phi) is 6.00. The van der Waals surface area contributed by atoms with Crippen molar-refractivity contribution in [3.8, 4) is 0 Å². The molecule has 1 aliphatic rings. The van der Waals surface area contributed by atoms with Gasteiger partial charge in [-0.1, -0.05) is 12.2 Å². The Balaban J connectivity index is 2.18. The Hall–Kier alpha value is -2.15. The number of nitrogens with one attached hydrogen (secondary N) is 4. The molecule has 0 saturated carbocycles. The molecule has 0 aliphatic carbocycles. The quantitative estimate of drug-likeness (QED) is 0.539. The van der Waals surface area contributed by atoms with Gasteiger partial charge in [0.15, 0.2) is 0 Å².